The largest absolute Gasteiger partial charge is 0.493 e. The van der Waals surface area contributed by atoms with E-state index in [9.17, 15) is 9.50 Å². The van der Waals surface area contributed by atoms with Crippen molar-refractivity contribution in [1.82, 2.24) is 14.9 Å². The summed E-state index contributed by atoms with van der Waals surface area (Å²) in [6, 6.07) is 8.16. The van der Waals surface area contributed by atoms with Gasteiger partial charge in [-0.05, 0) is 38.4 Å². The monoisotopic (exact) mass is 500 g/mol. The van der Waals surface area contributed by atoms with Gasteiger partial charge in [0.1, 0.15) is 30.7 Å². The molecule has 1 aromatic heterocycles. The van der Waals surface area contributed by atoms with Crippen LogP contribution in [-0.4, -0.2) is 60.4 Å². The lowest BCUT2D eigenvalue weighted by molar-refractivity contribution is 0.0819. The fraction of sp³-hybridized carbons (Fsp3) is 0.300. The Bertz CT molecular complexity index is 1010. The Morgan fingerprint density at radius 3 is 2.63 bits per heavy atom. The third-order valence-corrected chi connectivity index (χ3v) is 4.61. The molecular weight excluding hydrogens is 479 g/mol. The predicted octanol–water partition coefficient (Wildman–Crippen LogP) is 4.01. The predicted molar refractivity (Wildman–Crippen MR) is 121 cm³/mol. The normalized spacial score (nSPS) is 11.8. The van der Waals surface area contributed by atoms with Gasteiger partial charge in [-0.25, -0.2) is 14.4 Å². The van der Waals surface area contributed by atoms with Gasteiger partial charge in [0.25, 0.3) is 0 Å². The highest BCUT2D eigenvalue weighted by atomic mass is 79.9. The lowest BCUT2D eigenvalue weighted by Crippen LogP contribution is -2.30. The van der Waals surface area contributed by atoms with E-state index in [2.05, 4.69) is 31.2 Å². The molecule has 0 aliphatic rings. The summed E-state index contributed by atoms with van der Waals surface area (Å²) in [6.07, 6.45) is 0.742. The summed E-state index contributed by atoms with van der Waals surface area (Å²) in [5.74, 6) is 0.947. The van der Waals surface area contributed by atoms with Crippen LogP contribution >= 0.6 is 28.3 Å². The highest BCUT2D eigenvalue weighted by Gasteiger charge is 2.15. The Balaban J connectivity index is 0.00000320. The van der Waals surface area contributed by atoms with Gasteiger partial charge in [0.05, 0.1) is 18.3 Å². The summed E-state index contributed by atoms with van der Waals surface area (Å²) >= 11 is 3.24. The van der Waals surface area contributed by atoms with Gasteiger partial charge in [-0.3, -0.25) is 0 Å². The van der Waals surface area contributed by atoms with Gasteiger partial charge < -0.3 is 24.8 Å². The number of benzene rings is 2. The summed E-state index contributed by atoms with van der Waals surface area (Å²) in [7, 11) is 5.27. The molecule has 2 N–H and O–H groups in total. The van der Waals surface area contributed by atoms with Crippen molar-refractivity contribution < 1.29 is 19.0 Å². The van der Waals surface area contributed by atoms with Gasteiger partial charge in [0, 0.05) is 22.5 Å². The van der Waals surface area contributed by atoms with Crippen LogP contribution in [0.15, 0.2) is 41.1 Å². The van der Waals surface area contributed by atoms with Gasteiger partial charge in [-0.2, -0.15) is 0 Å². The Labute approximate surface area is 188 Å². The van der Waals surface area contributed by atoms with E-state index in [1.54, 1.807) is 24.3 Å². The van der Waals surface area contributed by atoms with Crippen LogP contribution in [0.3, 0.4) is 0 Å². The van der Waals surface area contributed by atoms with E-state index in [-0.39, 0.29) is 19.0 Å². The van der Waals surface area contributed by atoms with Crippen molar-refractivity contribution in [2.75, 3.05) is 39.7 Å². The molecule has 0 saturated carbocycles. The summed E-state index contributed by atoms with van der Waals surface area (Å²) in [6.45, 7) is 0.589. The number of hydrogen-bond acceptors (Lipinski definition) is 7. The van der Waals surface area contributed by atoms with Gasteiger partial charge in [-0.1, -0.05) is 15.9 Å². The molecule has 0 radical (unpaired) electrons. The molecule has 1 unspecified atom stereocenters. The van der Waals surface area contributed by atoms with Crippen LogP contribution in [0, 0.1) is 5.82 Å². The molecule has 7 nitrogen and oxygen atoms in total. The molecule has 30 heavy (non-hydrogen) atoms. The first-order valence-corrected chi connectivity index (χ1v) is 9.67. The van der Waals surface area contributed by atoms with E-state index in [1.165, 1.54) is 19.5 Å². The number of likely N-dealkylation sites (N-methyl/N-ethyl adjacent to an activating group) is 1. The molecule has 1 atom stereocenters. The summed E-state index contributed by atoms with van der Waals surface area (Å²) in [5.41, 5.74) is 0.886. The van der Waals surface area contributed by atoms with Crippen LogP contribution in [0.1, 0.15) is 0 Å². The van der Waals surface area contributed by atoms with Crippen molar-refractivity contribution in [3.05, 3.63) is 46.9 Å². The zero-order valence-corrected chi connectivity index (χ0v) is 19.1. The summed E-state index contributed by atoms with van der Waals surface area (Å²) in [5, 5.41) is 13.7. The van der Waals surface area contributed by atoms with Crippen molar-refractivity contribution in [1.29, 1.82) is 0 Å². The molecule has 2 aromatic carbocycles. The van der Waals surface area contributed by atoms with Crippen molar-refractivity contribution >= 4 is 50.7 Å². The maximum Gasteiger partial charge on any atom is 0.163 e. The number of ether oxygens (including phenoxy) is 2. The molecule has 3 aromatic rings. The third-order valence-electron chi connectivity index (χ3n) is 4.11. The Morgan fingerprint density at radius 1 is 1.20 bits per heavy atom. The average molecular weight is 502 g/mol. The van der Waals surface area contributed by atoms with Crippen LogP contribution in [0.4, 0.5) is 15.9 Å². The lowest BCUT2D eigenvalue weighted by Gasteiger charge is -2.18. The molecule has 3 rings (SSSR count). The second-order valence-corrected chi connectivity index (χ2v) is 7.63. The number of fused-ring (bicyclic) bond motifs is 1. The van der Waals surface area contributed by atoms with Crippen LogP contribution < -0.4 is 14.8 Å². The molecular formula is C20H23BrClFN4O3. The standard InChI is InChI=1S/C20H22BrFN4O3.ClH/c1-26(2)9-13(27)10-29-19-8-17-14(7-18(19)28-3)20(24-11-23-17)25-16-5-4-12(21)6-15(16)22;/h4-8,11,13,27H,9-10H2,1-3H3,(H,23,24,25);1H. The molecule has 0 aliphatic heterocycles. The SMILES string of the molecule is COc1cc2c(Nc3ccc(Br)cc3F)ncnc2cc1OCC(O)CN(C)C.Cl. The van der Waals surface area contributed by atoms with E-state index in [0.29, 0.717) is 44.9 Å². The number of aromatic nitrogens is 2. The Kier molecular flexibility index (Phi) is 8.60. The number of aliphatic hydroxyl groups excluding tert-OH is 1. The van der Waals surface area contributed by atoms with E-state index in [0.717, 1.165) is 0 Å². The minimum atomic E-state index is -0.645. The van der Waals surface area contributed by atoms with Crippen molar-refractivity contribution in [2.24, 2.45) is 0 Å². The first-order chi connectivity index (χ1) is 13.9. The van der Waals surface area contributed by atoms with Crippen LogP contribution in [0.5, 0.6) is 11.5 Å². The first-order valence-electron chi connectivity index (χ1n) is 8.87. The van der Waals surface area contributed by atoms with E-state index in [1.807, 2.05) is 19.0 Å². The summed E-state index contributed by atoms with van der Waals surface area (Å²) in [4.78, 5) is 10.4. The van der Waals surface area contributed by atoms with Crippen molar-refractivity contribution in [3.8, 4) is 11.5 Å². The highest BCUT2D eigenvalue weighted by molar-refractivity contribution is 9.10. The quantitative estimate of drug-likeness (QED) is 0.483. The molecule has 1 heterocycles. The molecule has 10 heteroatoms. The number of halogens is 3. The van der Waals surface area contributed by atoms with Gasteiger partial charge in [0.15, 0.2) is 11.5 Å². The first kappa shape index (κ1) is 24.1. The number of nitrogens with one attached hydrogen (secondary N) is 1. The average Bonchev–Trinajstić information content (AvgIpc) is 2.67. The minimum Gasteiger partial charge on any atom is -0.493 e. The zero-order chi connectivity index (χ0) is 21.0. The number of aliphatic hydroxyl groups is 1. The number of hydrogen-bond donors (Lipinski definition) is 2. The molecule has 0 amide bonds. The minimum absolute atomic E-state index is 0. The maximum atomic E-state index is 14.2. The third kappa shape index (κ3) is 5.91. The molecule has 0 spiro atoms. The number of anilines is 2. The molecule has 0 fully saturated rings. The van der Waals surface area contributed by atoms with E-state index in [4.69, 9.17) is 9.47 Å². The number of methoxy groups -OCH3 is 1. The summed E-state index contributed by atoms with van der Waals surface area (Å²) < 4.78 is 26.0. The topological polar surface area (TPSA) is 79.7 Å². The molecule has 0 bridgehead atoms. The molecule has 162 valence electrons. The van der Waals surface area contributed by atoms with Gasteiger partial charge in [-0.15, -0.1) is 12.4 Å². The van der Waals surface area contributed by atoms with Crippen molar-refractivity contribution in [2.45, 2.75) is 6.10 Å². The maximum absolute atomic E-state index is 14.2. The van der Waals surface area contributed by atoms with Crippen LogP contribution in [0.25, 0.3) is 10.9 Å². The Hall–Kier alpha value is -2.20. The fourth-order valence-electron chi connectivity index (χ4n) is 2.81. The number of nitrogens with zero attached hydrogens (tertiary/aromatic N) is 3. The van der Waals surface area contributed by atoms with Gasteiger partial charge in [0.2, 0.25) is 0 Å². The second kappa shape index (κ2) is 10.7. The molecule has 0 aliphatic carbocycles. The van der Waals surface area contributed by atoms with E-state index < -0.39 is 11.9 Å². The Morgan fingerprint density at radius 2 is 1.97 bits per heavy atom. The van der Waals surface area contributed by atoms with Crippen molar-refractivity contribution in [3.63, 3.8) is 0 Å². The zero-order valence-electron chi connectivity index (χ0n) is 16.7. The van der Waals surface area contributed by atoms with Gasteiger partial charge >= 0.3 is 0 Å². The molecule has 0 saturated heterocycles. The lowest BCUT2D eigenvalue weighted by atomic mass is 10.2. The second-order valence-electron chi connectivity index (χ2n) is 6.72. The highest BCUT2D eigenvalue weighted by Crippen LogP contribution is 2.35. The van der Waals surface area contributed by atoms with Crippen LogP contribution in [0.2, 0.25) is 0 Å². The van der Waals surface area contributed by atoms with E-state index >= 15 is 0 Å². The van der Waals surface area contributed by atoms with Crippen LogP contribution in [-0.2, 0) is 0 Å². The smallest absolute Gasteiger partial charge is 0.163 e. The fourth-order valence-corrected chi connectivity index (χ4v) is 3.15. The number of rotatable bonds is 8.